The van der Waals surface area contributed by atoms with E-state index in [4.69, 9.17) is 0 Å². The van der Waals surface area contributed by atoms with E-state index in [1.165, 1.54) is 33.3 Å². The number of fused-ring (bicyclic) bond motifs is 3. The molecule has 4 aromatic rings. The van der Waals surface area contributed by atoms with Crippen LogP contribution in [0.15, 0.2) is 97.2 Å². The second-order valence-electron chi connectivity index (χ2n) is 8.21. The first-order valence-corrected chi connectivity index (χ1v) is 10.4. The molecule has 0 fully saturated rings. The molecule has 0 radical (unpaired) electrons. The van der Waals surface area contributed by atoms with E-state index in [9.17, 15) is 0 Å². The summed E-state index contributed by atoms with van der Waals surface area (Å²) in [4.78, 5) is 4.48. The first kappa shape index (κ1) is 18.5. The molecule has 30 heavy (non-hydrogen) atoms. The van der Waals surface area contributed by atoms with E-state index in [1.54, 1.807) is 0 Å². The summed E-state index contributed by atoms with van der Waals surface area (Å²) in [6, 6.07) is 30.1. The highest BCUT2D eigenvalue weighted by Gasteiger charge is 2.47. The van der Waals surface area contributed by atoms with Gasteiger partial charge in [0.05, 0.1) is 11.1 Å². The Labute approximate surface area is 177 Å². The molecule has 0 saturated heterocycles. The summed E-state index contributed by atoms with van der Waals surface area (Å²) in [6.07, 6.45) is 7.17. The van der Waals surface area contributed by atoms with Crippen LogP contribution in [0.1, 0.15) is 23.7 Å². The van der Waals surface area contributed by atoms with Crippen molar-refractivity contribution in [2.75, 3.05) is 7.05 Å². The van der Waals surface area contributed by atoms with Crippen LogP contribution < -0.4 is 0 Å². The zero-order valence-electron chi connectivity index (χ0n) is 17.4. The van der Waals surface area contributed by atoms with Gasteiger partial charge in [0, 0.05) is 23.9 Å². The summed E-state index contributed by atoms with van der Waals surface area (Å²) < 4.78 is 2.35. The van der Waals surface area contributed by atoms with Gasteiger partial charge in [-0.15, -0.1) is 0 Å². The summed E-state index contributed by atoms with van der Waals surface area (Å²) in [5, 5.41) is 2.63. The molecule has 0 bridgehead atoms. The zero-order chi connectivity index (χ0) is 20.6. The number of nitrogens with zero attached hydrogens (tertiary/aromatic N) is 2. The average Bonchev–Trinajstić information content (AvgIpc) is 3.00. The molecule has 0 N–H and O–H groups in total. The zero-order valence-corrected chi connectivity index (χ0v) is 17.4. The Kier molecular flexibility index (Phi) is 4.55. The van der Waals surface area contributed by atoms with Crippen LogP contribution in [0.5, 0.6) is 0 Å². The highest BCUT2D eigenvalue weighted by Crippen LogP contribution is 2.45. The molecule has 1 unspecified atom stereocenters. The number of hydrogen-bond acceptors (Lipinski definition) is 1. The number of allylic oxidation sites excluding steroid dienone is 1. The summed E-state index contributed by atoms with van der Waals surface area (Å²) in [5.74, 6) is 0. The second-order valence-corrected chi connectivity index (χ2v) is 8.21. The van der Waals surface area contributed by atoms with Crippen LogP contribution >= 0.6 is 0 Å². The van der Waals surface area contributed by atoms with Gasteiger partial charge in [-0.1, -0.05) is 60.7 Å². The van der Waals surface area contributed by atoms with Crippen LogP contribution in [0, 0.1) is 0 Å². The summed E-state index contributed by atoms with van der Waals surface area (Å²) in [5.41, 5.74) is 6.17. The van der Waals surface area contributed by atoms with Crippen LogP contribution in [0.25, 0.3) is 16.8 Å². The van der Waals surface area contributed by atoms with Gasteiger partial charge in [-0.3, -0.25) is 4.98 Å². The van der Waals surface area contributed by atoms with Gasteiger partial charge in [0.15, 0.2) is 5.71 Å². The van der Waals surface area contributed by atoms with Gasteiger partial charge in [0.2, 0.25) is 5.69 Å². The quantitative estimate of drug-likeness (QED) is 0.381. The summed E-state index contributed by atoms with van der Waals surface area (Å²) in [7, 11) is 2.18. The maximum atomic E-state index is 4.48. The predicted molar refractivity (Wildman–Crippen MR) is 126 cm³/mol. The van der Waals surface area contributed by atoms with Gasteiger partial charge in [0.1, 0.15) is 7.05 Å². The van der Waals surface area contributed by atoms with Crippen molar-refractivity contribution in [3.05, 3.63) is 114 Å². The highest BCUT2D eigenvalue weighted by atomic mass is 15.0. The van der Waals surface area contributed by atoms with Crippen molar-refractivity contribution in [3.63, 3.8) is 0 Å². The molecule has 3 aromatic carbocycles. The standard InChI is InChI=1S/C28H25N2/c1-28(20-21-10-4-3-5-11-21)26(18-16-23-13-8-9-19-29-23)30(2)25-17-15-22-12-6-7-14-24(22)27(25)28/h3-19H,20H2,1-2H3/q+1. The lowest BCUT2D eigenvalue weighted by molar-refractivity contribution is -0.401. The third-order valence-corrected chi connectivity index (χ3v) is 6.25. The van der Waals surface area contributed by atoms with Crippen molar-refractivity contribution in [2.45, 2.75) is 18.8 Å². The van der Waals surface area contributed by atoms with Gasteiger partial charge in [-0.05, 0) is 54.0 Å². The molecule has 1 aliphatic heterocycles. The molecule has 1 aromatic heterocycles. The molecule has 2 heteroatoms. The Morgan fingerprint density at radius 3 is 2.40 bits per heavy atom. The van der Waals surface area contributed by atoms with E-state index >= 15 is 0 Å². The van der Waals surface area contributed by atoms with Crippen molar-refractivity contribution in [1.82, 2.24) is 4.98 Å². The monoisotopic (exact) mass is 389 g/mol. The number of pyridine rings is 1. The Balaban J connectivity index is 1.71. The van der Waals surface area contributed by atoms with Crippen molar-refractivity contribution >= 4 is 28.2 Å². The van der Waals surface area contributed by atoms with E-state index < -0.39 is 0 Å². The minimum atomic E-state index is -0.141. The predicted octanol–water partition coefficient (Wildman–Crippen LogP) is 6.18. The Hall–Kier alpha value is -3.52. The van der Waals surface area contributed by atoms with Crippen molar-refractivity contribution in [3.8, 4) is 0 Å². The molecule has 146 valence electrons. The molecule has 0 aliphatic carbocycles. The van der Waals surface area contributed by atoms with Crippen LogP contribution in [0.4, 0.5) is 5.69 Å². The number of aromatic nitrogens is 1. The maximum Gasteiger partial charge on any atom is 0.210 e. The lowest BCUT2D eigenvalue weighted by Gasteiger charge is -2.24. The number of rotatable bonds is 4. The molecule has 5 rings (SSSR count). The van der Waals surface area contributed by atoms with Crippen molar-refractivity contribution in [2.24, 2.45) is 0 Å². The molecule has 0 saturated carbocycles. The van der Waals surface area contributed by atoms with Crippen molar-refractivity contribution < 1.29 is 4.58 Å². The molecule has 1 atom stereocenters. The van der Waals surface area contributed by atoms with Gasteiger partial charge in [-0.2, -0.15) is 4.58 Å². The largest absolute Gasteiger partial charge is 0.257 e. The van der Waals surface area contributed by atoms with E-state index in [-0.39, 0.29) is 5.41 Å². The Morgan fingerprint density at radius 2 is 1.60 bits per heavy atom. The lowest BCUT2D eigenvalue weighted by Crippen LogP contribution is -2.33. The number of hydrogen-bond donors (Lipinski definition) is 0. The minimum absolute atomic E-state index is 0.141. The Morgan fingerprint density at radius 1 is 0.833 bits per heavy atom. The number of benzene rings is 3. The fraction of sp³-hybridized carbons (Fsp3) is 0.143. The average molecular weight is 390 g/mol. The van der Waals surface area contributed by atoms with Gasteiger partial charge < -0.3 is 0 Å². The molecule has 0 spiro atoms. The van der Waals surface area contributed by atoms with Crippen LogP contribution in [-0.4, -0.2) is 22.3 Å². The minimum Gasteiger partial charge on any atom is -0.257 e. The van der Waals surface area contributed by atoms with Gasteiger partial charge >= 0.3 is 0 Å². The van der Waals surface area contributed by atoms with E-state index in [2.05, 4.69) is 102 Å². The van der Waals surface area contributed by atoms with Crippen LogP contribution in [0.3, 0.4) is 0 Å². The first-order chi connectivity index (χ1) is 14.7. The topological polar surface area (TPSA) is 15.9 Å². The van der Waals surface area contributed by atoms with E-state index in [0.717, 1.165) is 12.1 Å². The molecule has 0 amide bonds. The molecule has 2 nitrogen and oxygen atoms in total. The molecular formula is C28H25N2+. The SMILES string of the molecule is C[N+]1=C(C=Cc2ccccn2)C(C)(Cc2ccccc2)c2c1ccc1ccccc21. The Bertz CT molecular complexity index is 1270. The van der Waals surface area contributed by atoms with E-state index in [1.807, 2.05) is 24.4 Å². The van der Waals surface area contributed by atoms with Crippen molar-refractivity contribution in [1.29, 1.82) is 0 Å². The van der Waals surface area contributed by atoms with E-state index in [0.29, 0.717) is 0 Å². The normalized spacial score (nSPS) is 18.3. The van der Waals surface area contributed by atoms with Crippen LogP contribution in [0.2, 0.25) is 0 Å². The fourth-order valence-corrected chi connectivity index (χ4v) is 4.87. The molecule has 2 heterocycles. The highest BCUT2D eigenvalue weighted by molar-refractivity contribution is 6.09. The van der Waals surface area contributed by atoms with Gasteiger partial charge in [-0.25, -0.2) is 0 Å². The maximum absolute atomic E-state index is 4.48. The smallest absolute Gasteiger partial charge is 0.210 e. The third-order valence-electron chi connectivity index (χ3n) is 6.25. The fourth-order valence-electron chi connectivity index (χ4n) is 4.87. The van der Waals surface area contributed by atoms with Crippen LogP contribution in [-0.2, 0) is 11.8 Å². The summed E-state index contributed by atoms with van der Waals surface area (Å²) >= 11 is 0. The molecular weight excluding hydrogens is 364 g/mol. The molecule has 1 aliphatic rings. The summed E-state index contributed by atoms with van der Waals surface area (Å²) in [6.45, 7) is 2.38. The lowest BCUT2D eigenvalue weighted by atomic mass is 9.73. The third kappa shape index (κ3) is 3.05. The van der Waals surface area contributed by atoms with Gasteiger partial charge in [0.25, 0.3) is 0 Å². The first-order valence-electron chi connectivity index (χ1n) is 10.4. The second kappa shape index (κ2) is 7.38.